The Balaban J connectivity index is 2.42. The van der Waals surface area contributed by atoms with E-state index in [2.05, 4.69) is 26.0 Å². The highest BCUT2D eigenvalue weighted by atomic mass is 16.5. The Bertz CT molecular complexity index is 292. The van der Waals surface area contributed by atoms with Gasteiger partial charge in [-0.15, -0.1) is 0 Å². The van der Waals surface area contributed by atoms with Crippen LogP contribution in [0.15, 0.2) is 24.3 Å². The SMILES string of the molecule is CCc1ccc(OCC(O)C(C)CC)cc1. The molecule has 2 atom stereocenters. The van der Waals surface area contributed by atoms with Crippen LogP contribution >= 0.6 is 0 Å². The van der Waals surface area contributed by atoms with Gasteiger partial charge in [-0.05, 0) is 30.0 Å². The molecule has 0 aliphatic rings. The highest BCUT2D eigenvalue weighted by Crippen LogP contribution is 2.14. The van der Waals surface area contributed by atoms with Crippen LogP contribution in [0.1, 0.15) is 32.8 Å². The Morgan fingerprint density at radius 1 is 1.19 bits per heavy atom. The third kappa shape index (κ3) is 3.86. The number of aliphatic hydroxyl groups excluding tert-OH is 1. The van der Waals surface area contributed by atoms with Gasteiger partial charge in [0.15, 0.2) is 0 Å². The second-order valence-electron chi connectivity index (χ2n) is 4.26. The number of hydrogen-bond acceptors (Lipinski definition) is 2. The van der Waals surface area contributed by atoms with Gasteiger partial charge < -0.3 is 9.84 Å². The minimum atomic E-state index is -0.379. The molecule has 1 aromatic carbocycles. The Morgan fingerprint density at radius 3 is 2.31 bits per heavy atom. The van der Waals surface area contributed by atoms with Gasteiger partial charge in [0, 0.05) is 0 Å². The predicted molar refractivity (Wildman–Crippen MR) is 66.8 cm³/mol. The number of ether oxygens (including phenoxy) is 1. The molecule has 0 aromatic heterocycles. The van der Waals surface area contributed by atoms with Gasteiger partial charge in [0.1, 0.15) is 12.4 Å². The molecule has 1 N–H and O–H groups in total. The standard InChI is InChI=1S/C14H22O2/c1-4-11(3)14(15)10-16-13-8-6-12(5-2)7-9-13/h6-9,11,14-15H,4-5,10H2,1-3H3. The van der Waals surface area contributed by atoms with Gasteiger partial charge in [-0.3, -0.25) is 0 Å². The van der Waals surface area contributed by atoms with Crippen molar-refractivity contribution in [2.24, 2.45) is 5.92 Å². The third-order valence-electron chi connectivity index (χ3n) is 3.05. The van der Waals surface area contributed by atoms with Gasteiger partial charge in [-0.1, -0.05) is 39.3 Å². The first-order chi connectivity index (χ1) is 7.67. The van der Waals surface area contributed by atoms with E-state index in [1.165, 1.54) is 5.56 Å². The number of benzene rings is 1. The normalized spacial score (nSPS) is 14.5. The second-order valence-corrected chi connectivity index (χ2v) is 4.26. The Kier molecular flexibility index (Phi) is 5.33. The predicted octanol–water partition coefficient (Wildman–Crippen LogP) is 3.03. The fourth-order valence-corrected chi connectivity index (χ4v) is 1.44. The van der Waals surface area contributed by atoms with Crippen molar-refractivity contribution < 1.29 is 9.84 Å². The first-order valence-electron chi connectivity index (χ1n) is 6.07. The fourth-order valence-electron chi connectivity index (χ4n) is 1.44. The molecule has 0 spiro atoms. The van der Waals surface area contributed by atoms with Crippen LogP contribution in [0.25, 0.3) is 0 Å². The molecule has 16 heavy (non-hydrogen) atoms. The van der Waals surface area contributed by atoms with Crippen LogP contribution in [-0.2, 0) is 6.42 Å². The summed E-state index contributed by atoms with van der Waals surface area (Å²) in [6, 6.07) is 8.04. The average Bonchev–Trinajstić information content (AvgIpc) is 2.35. The molecule has 2 unspecified atom stereocenters. The summed E-state index contributed by atoms with van der Waals surface area (Å²) in [6.45, 7) is 6.61. The summed E-state index contributed by atoms with van der Waals surface area (Å²) < 4.78 is 5.54. The lowest BCUT2D eigenvalue weighted by Crippen LogP contribution is -2.24. The summed E-state index contributed by atoms with van der Waals surface area (Å²) in [5.74, 6) is 1.12. The minimum Gasteiger partial charge on any atom is -0.491 e. The number of hydrogen-bond donors (Lipinski definition) is 1. The lowest BCUT2D eigenvalue weighted by Gasteiger charge is -2.17. The molecule has 0 heterocycles. The van der Waals surface area contributed by atoms with Crippen LogP contribution in [0.3, 0.4) is 0 Å². The van der Waals surface area contributed by atoms with Crippen molar-refractivity contribution in [3.05, 3.63) is 29.8 Å². The Labute approximate surface area is 98.3 Å². The van der Waals surface area contributed by atoms with Crippen LogP contribution in [0.4, 0.5) is 0 Å². The Morgan fingerprint density at radius 2 is 1.81 bits per heavy atom. The summed E-state index contributed by atoms with van der Waals surface area (Å²) in [5, 5.41) is 9.75. The molecule has 0 fully saturated rings. The molecule has 1 aromatic rings. The smallest absolute Gasteiger partial charge is 0.119 e. The van der Waals surface area contributed by atoms with E-state index in [0.717, 1.165) is 18.6 Å². The molecule has 2 heteroatoms. The van der Waals surface area contributed by atoms with Crippen molar-refractivity contribution in [1.82, 2.24) is 0 Å². The zero-order chi connectivity index (χ0) is 12.0. The fraction of sp³-hybridized carbons (Fsp3) is 0.571. The van der Waals surface area contributed by atoms with E-state index in [0.29, 0.717) is 6.61 Å². The molecular weight excluding hydrogens is 200 g/mol. The molecule has 0 amide bonds. The van der Waals surface area contributed by atoms with Gasteiger partial charge in [0.25, 0.3) is 0 Å². The summed E-state index contributed by atoms with van der Waals surface area (Å²) in [5.41, 5.74) is 1.30. The highest BCUT2D eigenvalue weighted by Gasteiger charge is 2.12. The molecule has 90 valence electrons. The molecule has 0 saturated carbocycles. The number of aryl methyl sites for hydroxylation is 1. The molecule has 1 rings (SSSR count). The summed E-state index contributed by atoms with van der Waals surface area (Å²) >= 11 is 0. The van der Waals surface area contributed by atoms with Crippen LogP contribution in [0.2, 0.25) is 0 Å². The van der Waals surface area contributed by atoms with Crippen molar-refractivity contribution in [2.75, 3.05) is 6.61 Å². The maximum Gasteiger partial charge on any atom is 0.119 e. The third-order valence-corrected chi connectivity index (χ3v) is 3.05. The minimum absolute atomic E-state index is 0.287. The van der Waals surface area contributed by atoms with Gasteiger partial charge in [-0.2, -0.15) is 0 Å². The van der Waals surface area contributed by atoms with E-state index in [1.54, 1.807) is 0 Å². The second kappa shape index (κ2) is 6.54. The number of rotatable bonds is 6. The monoisotopic (exact) mass is 222 g/mol. The Hall–Kier alpha value is -1.02. The maximum absolute atomic E-state index is 9.75. The van der Waals surface area contributed by atoms with Gasteiger partial charge >= 0.3 is 0 Å². The summed E-state index contributed by atoms with van der Waals surface area (Å²) in [4.78, 5) is 0. The molecule has 0 aliphatic carbocycles. The first kappa shape index (κ1) is 13.0. The lowest BCUT2D eigenvalue weighted by molar-refractivity contribution is 0.0622. The van der Waals surface area contributed by atoms with Gasteiger partial charge in [-0.25, -0.2) is 0 Å². The van der Waals surface area contributed by atoms with Crippen LogP contribution in [-0.4, -0.2) is 17.8 Å². The van der Waals surface area contributed by atoms with E-state index in [4.69, 9.17) is 4.74 Å². The molecular formula is C14H22O2. The van der Waals surface area contributed by atoms with Crippen LogP contribution < -0.4 is 4.74 Å². The molecule has 2 nitrogen and oxygen atoms in total. The zero-order valence-electron chi connectivity index (χ0n) is 10.4. The largest absolute Gasteiger partial charge is 0.491 e. The van der Waals surface area contributed by atoms with Crippen molar-refractivity contribution >= 4 is 0 Å². The lowest BCUT2D eigenvalue weighted by atomic mass is 10.0. The van der Waals surface area contributed by atoms with E-state index in [-0.39, 0.29) is 12.0 Å². The van der Waals surface area contributed by atoms with Crippen molar-refractivity contribution in [2.45, 2.75) is 39.7 Å². The summed E-state index contributed by atoms with van der Waals surface area (Å²) in [6.07, 6.45) is 1.63. The number of aliphatic hydroxyl groups is 1. The molecule has 0 saturated heterocycles. The quantitative estimate of drug-likeness (QED) is 0.801. The summed E-state index contributed by atoms with van der Waals surface area (Å²) in [7, 11) is 0. The van der Waals surface area contributed by atoms with Crippen molar-refractivity contribution in [3.8, 4) is 5.75 Å². The first-order valence-corrected chi connectivity index (χ1v) is 6.07. The highest BCUT2D eigenvalue weighted by molar-refractivity contribution is 5.27. The topological polar surface area (TPSA) is 29.5 Å². The van der Waals surface area contributed by atoms with E-state index >= 15 is 0 Å². The maximum atomic E-state index is 9.75. The van der Waals surface area contributed by atoms with Crippen LogP contribution in [0.5, 0.6) is 5.75 Å². The van der Waals surface area contributed by atoms with E-state index in [9.17, 15) is 5.11 Å². The molecule has 0 bridgehead atoms. The van der Waals surface area contributed by atoms with Gasteiger partial charge in [0.05, 0.1) is 6.10 Å². The van der Waals surface area contributed by atoms with E-state index < -0.39 is 0 Å². The molecule has 0 aliphatic heterocycles. The van der Waals surface area contributed by atoms with Crippen LogP contribution in [0, 0.1) is 5.92 Å². The average molecular weight is 222 g/mol. The van der Waals surface area contributed by atoms with Gasteiger partial charge in [0.2, 0.25) is 0 Å². The zero-order valence-corrected chi connectivity index (χ0v) is 10.4. The molecule has 0 radical (unpaired) electrons. The van der Waals surface area contributed by atoms with Crippen molar-refractivity contribution in [1.29, 1.82) is 0 Å². The van der Waals surface area contributed by atoms with Crippen molar-refractivity contribution in [3.63, 3.8) is 0 Å². The van der Waals surface area contributed by atoms with E-state index in [1.807, 2.05) is 19.1 Å².